The third-order valence-corrected chi connectivity index (χ3v) is 9.09. The molecule has 1 aliphatic rings. The zero-order chi connectivity index (χ0) is 32.5. The predicted octanol–water partition coefficient (Wildman–Crippen LogP) is 5.35. The predicted molar refractivity (Wildman–Crippen MR) is 180 cm³/mol. The number of sulfonamides is 1. The lowest BCUT2D eigenvalue weighted by Crippen LogP contribution is -2.30. The smallest absolute Gasteiger partial charge is 0.224 e. The van der Waals surface area contributed by atoms with Crippen LogP contribution in [0, 0.1) is 11.7 Å². The van der Waals surface area contributed by atoms with Crippen LogP contribution in [0.1, 0.15) is 24.8 Å². The topological polar surface area (TPSA) is 158 Å². The Morgan fingerprint density at radius 2 is 1.77 bits per heavy atom. The molecule has 7 rings (SSSR count). The number of hydrogen-bond acceptors (Lipinski definition) is 7. The molecule has 13 heteroatoms. The molecule has 11 nitrogen and oxygen atoms in total. The Morgan fingerprint density at radius 1 is 0.936 bits per heavy atom. The van der Waals surface area contributed by atoms with Gasteiger partial charge in [0.15, 0.2) is 0 Å². The van der Waals surface area contributed by atoms with Crippen molar-refractivity contribution >= 4 is 43.4 Å². The molecule has 1 saturated heterocycles. The molecule has 4 aromatic heterocycles. The average molecular weight is 653 g/mol. The second-order valence-electron chi connectivity index (χ2n) is 12.0. The van der Waals surface area contributed by atoms with Gasteiger partial charge in [-0.05, 0) is 91.5 Å². The summed E-state index contributed by atoms with van der Waals surface area (Å²) in [6.07, 6.45) is 8.63. The molecule has 0 aliphatic carbocycles. The maximum Gasteiger partial charge on any atom is 0.224 e. The van der Waals surface area contributed by atoms with Gasteiger partial charge in [-0.1, -0.05) is 6.07 Å². The van der Waals surface area contributed by atoms with E-state index in [1.807, 2.05) is 36.4 Å². The molecule has 0 radical (unpaired) electrons. The lowest BCUT2D eigenvalue weighted by atomic mass is 9.94. The minimum absolute atomic E-state index is 0.00358. The molecule has 0 spiro atoms. The first-order chi connectivity index (χ1) is 22.7. The van der Waals surface area contributed by atoms with Gasteiger partial charge < -0.3 is 15.6 Å². The Balaban J connectivity index is 1.18. The van der Waals surface area contributed by atoms with E-state index in [1.165, 1.54) is 12.1 Å². The number of piperidine rings is 1. The second-order valence-corrected chi connectivity index (χ2v) is 13.8. The van der Waals surface area contributed by atoms with Crippen LogP contribution in [0.4, 0.5) is 10.1 Å². The van der Waals surface area contributed by atoms with Gasteiger partial charge in [0, 0.05) is 52.8 Å². The van der Waals surface area contributed by atoms with E-state index < -0.39 is 15.8 Å². The number of anilines is 1. The number of hydrogen-bond donors (Lipinski definition) is 5. The lowest BCUT2D eigenvalue weighted by Gasteiger charge is -2.21. The van der Waals surface area contributed by atoms with Crippen molar-refractivity contribution in [2.45, 2.75) is 25.8 Å². The molecule has 1 aliphatic heterocycles. The van der Waals surface area contributed by atoms with Crippen LogP contribution in [0.25, 0.3) is 55.6 Å². The van der Waals surface area contributed by atoms with E-state index in [2.05, 4.69) is 40.5 Å². The number of benzene rings is 2. The van der Waals surface area contributed by atoms with E-state index in [0.717, 1.165) is 70.8 Å². The van der Waals surface area contributed by atoms with E-state index in [0.29, 0.717) is 40.5 Å². The summed E-state index contributed by atoms with van der Waals surface area (Å²) in [5.74, 6) is -0.106. The van der Waals surface area contributed by atoms with Crippen LogP contribution in [-0.4, -0.2) is 58.8 Å². The van der Waals surface area contributed by atoms with Crippen molar-refractivity contribution in [2.24, 2.45) is 5.92 Å². The zero-order valence-corrected chi connectivity index (χ0v) is 26.4. The number of aromatic nitrogens is 5. The van der Waals surface area contributed by atoms with E-state index in [1.54, 1.807) is 24.7 Å². The molecule has 0 bridgehead atoms. The third kappa shape index (κ3) is 6.92. The van der Waals surface area contributed by atoms with Gasteiger partial charge in [0.05, 0.1) is 35.0 Å². The quantitative estimate of drug-likeness (QED) is 0.141. The van der Waals surface area contributed by atoms with Crippen molar-refractivity contribution in [3.63, 3.8) is 0 Å². The van der Waals surface area contributed by atoms with Crippen molar-refractivity contribution in [3.8, 4) is 33.8 Å². The van der Waals surface area contributed by atoms with Gasteiger partial charge in [0.1, 0.15) is 11.5 Å². The molecule has 240 valence electrons. The number of nitrogens with zero attached hydrogens (tertiary/aromatic N) is 3. The number of carbonyl (C=O) groups is 1. The molecule has 0 atom stereocenters. The summed E-state index contributed by atoms with van der Waals surface area (Å²) >= 11 is 0. The van der Waals surface area contributed by atoms with E-state index in [9.17, 15) is 17.6 Å². The van der Waals surface area contributed by atoms with Crippen molar-refractivity contribution in [1.29, 1.82) is 0 Å². The molecule has 5 N–H and O–H groups in total. The van der Waals surface area contributed by atoms with Crippen LogP contribution in [0.2, 0.25) is 0 Å². The standard InChI is InChI=1S/C34H33FN8O3S/c1-47(45,46)39-17-21-10-23(13-25(35)11-21)33-28-16-31(41-29(28)6-9-38-33)34-27-15-22(2-3-30(27)42-43-34)24-14-26(19-37-18-24)40-32(44)12-20-4-7-36-8-5-20/h2-3,6,9-11,13-16,18-20,36,39,41H,4-5,7-8,12,17H2,1H3,(H,40,44)(H,42,43). The first-order valence-corrected chi connectivity index (χ1v) is 17.2. The Morgan fingerprint density at radius 3 is 2.60 bits per heavy atom. The summed E-state index contributed by atoms with van der Waals surface area (Å²) in [5, 5.41) is 15.7. The molecular formula is C34H33FN8O3S. The van der Waals surface area contributed by atoms with Crippen LogP contribution in [0.15, 0.2) is 73.2 Å². The van der Waals surface area contributed by atoms with Gasteiger partial charge in [-0.2, -0.15) is 5.10 Å². The Kier molecular flexibility index (Phi) is 8.26. The van der Waals surface area contributed by atoms with Gasteiger partial charge in [-0.15, -0.1) is 0 Å². The van der Waals surface area contributed by atoms with Gasteiger partial charge in [-0.25, -0.2) is 17.5 Å². The summed E-state index contributed by atoms with van der Waals surface area (Å²) < 4.78 is 40.2. The molecule has 0 saturated carbocycles. The number of amides is 1. The van der Waals surface area contributed by atoms with E-state index >= 15 is 0 Å². The second kappa shape index (κ2) is 12.7. The van der Waals surface area contributed by atoms with Crippen LogP contribution in [0.3, 0.4) is 0 Å². The number of pyridine rings is 2. The largest absolute Gasteiger partial charge is 0.353 e. The summed E-state index contributed by atoms with van der Waals surface area (Å²) in [6.45, 7) is 1.86. The number of fused-ring (bicyclic) bond motifs is 2. The number of H-pyrrole nitrogens is 2. The highest BCUT2D eigenvalue weighted by Crippen LogP contribution is 2.35. The van der Waals surface area contributed by atoms with E-state index in [4.69, 9.17) is 0 Å². The fourth-order valence-electron chi connectivity index (χ4n) is 6.14. The zero-order valence-electron chi connectivity index (χ0n) is 25.6. The Bertz CT molecular complexity index is 2220. The van der Waals surface area contributed by atoms with Gasteiger partial charge in [0.25, 0.3) is 0 Å². The number of carbonyl (C=O) groups excluding carboxylic acids is 1. The molecule has 1 fully saturated rings. The van der Waals surface area contributed by atoms with Crippen LogP contribution in [0.5, 0.6) is 0 Å². The summed E-state index contributed by atoms with van der Waals surface area (Å²) in [7, 11) is -3.45. The molecule has 6 aromatic rings. The van der Waals surface area contributed by atoms with Crippen molar-refractivity contribution in [3.05, 3.63) is 84.6 Å². The number of aromatic amines is 2. The fraction of sp³-hybridized carbons (Fsp3) is 0.235. The normalized spacial score (nSPS) is 14.2. The Hall–Kier alpha value is -4.98. The van der Waals surface area contributed by atoms with Crippen LogP contribution < -0.4 is 15.4 Å². The number of nitrogens with one attached hydrogen (secondary N) is 5. The van der Waals surface area contributed by atoms with Crippen LogP contribution in [-0.2, 0) is 21.4 Å². The summed E-state index contributed by atoms with van der Waals surface area (Å²) in [6, 6.07) is 16.1. The monoisotopic (exact) mass is 652 g/mol. The molecule has 47 heavy (non-hydrogen) atoms. The minimum atomic E-state index is -3.45. The molecule has 2 aromatic carbocycles. The first kappa shape index (κ1) is 30.7. The highest BCUT2D eigenvalue weighted by Gasteiger charge is 2.18. The fourth-order valence-corrected chi connectivity index (χ4v) is 6.57. The first-order valence-electron chi connectivity index (χ1n) is 15.4. The summed E-state index contributed by atoms with van der Waals surface area (Å²) in [5.41, 5.74) is 7.03. The highest BCUT2D eigenvalue weighted by atomic mass is 32.2. The van der Waals surface area contributed by atoms with Crippen molar-refractivity contribution in [2.75, 3.05) is 24.7 Å². The minimum Gasteiger partial charge on any atom is -0.353 e. The van der Waals surface area contributed by atoms with E-state index in [-0.39, 0.29) is 12.5 Å². The molecule has 1 amide bonds. The van der Waals surface area contributed by atoms with Crippen LogP contribution >= 0.6 is 0 Å². The molecular weight excluding hydrogens is 619 g/mol. The molecule has 5 heterocycles. The SMILES string of the molecule is CS(=O)(=O)NCc1cc(F)cc(-c2nccc3[nH]c(-c4n[nH]c5ccc(-c6cncc(NC(=O)CC7CCNCC7)c6)cc45)cc23)c1. The van der Waals surface area contributed by atoms with Gasteiger partial charge in [-0.3, -0.25) is 19.9 Å². The number of rotatable bonds is 9. The van der Waals surface area contributed by atoms with Crippen molar-refractivity contribution in [1.82, 2.24) is 35.2 Å². The number of halogens is 1. The summed E-state index contributed by atoms with van der Waals surface area (Å²) in [4.78, 5) is 25.1. The van der Waals surface area contributed by atoms with Crippen molar-refractivity contribution < 1.29 is 17.6 Å². The maximum atomic E-state index is 14.6. The van der Waals surface area contributed by atoms with Gasteiger partial charge in [0.2, 0.25) is 15.9 Å². The molecule has 0 unspecified atom stereocenters. The average Bonchev–Trinajstić information content (AvgIpc) is 3.68. The van der Waals surface area contributed by atoms with Gasteiger partial charge >= 0.3 is 0 Å². The Labute approximate surface area is 270 Å². The third-order valence-electron chi connectivity index (χ3n) is 8.42. The highest BCUT2D eigenvalue weighted by molar-refractivity contribution is 7.88. The lowest BCUT2D eigenvalue weighted by molar-refractivity contribution is -0.117. The maximum absolute atomic E-state index is 14.6.